The van der Waals surface area contributed by atoms with E-state index in [2.05, 4.69) is 515 Å². The number of hydrogen-bond donors (Lipinski definition) is 0. The molecule has 4 heterocycles. The molecule has 28 rings (SSSR count). The molecule has 0 N–H and O–H groups in total. The van der Waals surface area contributed by atoms with Gasteiger partial charge >= 0.3 is 0 Å². The molecule has 0 amide bonds. The van der Waals surface area contributed by atoms with E-state index in [-0.39, 0.29) is 0 Å². The van der Waals surface area contributed by atoms with Crippen LogP contribution in [0.2, 0.25) is 0 Å². The summed E-state index contributed by atoms with van der Waals surface area (Å²) in [6.45, 7) is 26.8. The Kier molecular flexibility index (Phi) is 21.8. The molecule has 0 unspecified atom stereocenters. The second-order valence-corrected chi connectivity index (χ2v) is 45.3. The fraction of sp³-hybridized carbons (Fsp3) is 0.0857. The highest BCUT2D eigenvalue weighted by Gasteiger charge is 2.31. The largest absolute Gasteiger partial charge is 0.310 e. The number of nitrogens with zero attached hydrogens (tertiary/aromatic N) is 4. The van der Waals surface area contributed by atoms with Gasteiger partial charge in [-0.15, -0.1) is 45.3 Å². The quantitative estimate of drug-likeness (QED) is 0.0894. The van der Waals surface area contributed by atoms with Crippen LogP contribution in [-0.2, 0) is 0 Å². The first-order valence-electron chi connectivity index (χ1n) is 51.3. The number of fused-ring (bicyclic) bond motifs is 16. The molecule has 0 bridgehead atoms. The van der Waals surface area contributed by atoms with E-state index in [1.807, 2.05) is 45.3 Å². The Bertz CT molecular complexity index is 9460. The fourth-order valence-corrected chi connectivity index (χ4v) is 29.4. The molecule has 0 atom stereocenters. The van der Waals surface area contributed by atoms with Crippen molar-refractivity contribution in [3.8, 4) is 44.5 Å². The van der Waals surface area contributed by atoms with Crippen LogP contribution >= 0.6 is 45.3 Å². The first kappa shape index (κ1) is 90.2. The maximum atomic E-state index is 2.57. The smallest absolute Gasteiger partial charge is 0.0476 e. The third kappa shape index (κ3) is 15.1. The van der Waals surface area contributed by atoms with Crippen molar-refractivity contribution in [3.05, 3.63) is 479 Å². The highest BCUT2D eigenvalue weighted by atomic mass is 32.1. The van der Waals surface area contributed by atoms with Crippen LogP contribution in [-0.4, -0.2) is 0 Å². The number of benzene rings is 24. The molecular weight excluding hydrogens is 1870 g/mol. The van der Waals surface area contributed by atoms with Crippen molar-refractivity contribution in [1.29, 1.82) is 0 Å². The lowest BCUT2D eigenvalue weighted by atomic mass is 9.82. The molecule has 0 aliphatic rings. The summed E-state index contributed by atoms with van der Waals surface area (Å²) in [4.78, 5) is 9.59. The van der Waals surface area contributed by atoms with Gasteiger partial charge in [0.25, 0.3) is 0 Å². The van der Waals surface area contributed by atoms with Crippen LogP contribution in [0.3, 0.4) is 0 Å². The summed E-state index contributed by atoms with van der Waals surface area (Å²) in [6.07, 6.45) is 0. The molecule has 0 fully saturated rings. The van der Waals surface area contributed by atoms with Crippen molar-refractivity contribution in [2.24, 2.45) is 0 Å². The summed E-state index contributed by atoms with van der Waals surface area (Å²) in [6, 6.07) is 155. The van der Waals surface area contributed by atoms with E-state index in [4.69, 9.17) is 0 Å². The van der Waals surface area contributed by atoms with Crippen molar-refractivity contribution in [2.75, 3.05) is 19.6 Å². The molecule has 0 saturated carbocycles. The van der Waals surface area contributed by atoms with Gasteiger partial charge in [0.1, 0.15) is 0 Å². The molecule has 148 heavy (non-hydrogen) atoms. The lowest BCUT2D eigenvalue weighted by Gasteiger charge is -2.26. The van der Waals surface area contributed by atoms with Crippen LogP contribution in [0.15, 0.2) is 413 Å². The zero-order valence-electron chi connectivity index (χ0n) is 84.7. The zero-order chi connectivity index (χ0) is 99.9. The topological polar surface area (TPSA) is 13.0 Å². The summed E-state index contributed by atoms with van der Waals surface area (Å²) in [5, 5.41) is 26.3. The predicted octanol–water partition coefficient (Wildman–Crippen LogP) is 42.9. The summed E-state index contributed by atoms with van der Waals surface area (Å²) < 4.78 is 10.4. The minimum Gasteiger partial charge on any atom is -0.310 e. The lowest BCUT2D eigenvalue weighted by Crippen LogP contribution is -2.10. The van der Waals surface area contributed by atoms with Gasteiger partial charge in [0, 0.05) is 170 Å². The Morgan fingerprint density at radius 2 is 0.358 bits per heavy atom. The molecule has 4 aromatic heterocycles. The molecular formula is C140H104N4S4. The lowest BCUT2D eigenvalue weighted by molar-refractivity contribution is 1.26. The molecule has 4 nitrogen and oxygen atoms in total. The molecule has 24 aromatic carbocycles. The minimum atomic E-state index is 1.14. The van der Waals surface area contributed by atoms with Gasteiger partial charge in [0.2, 0.25) is 0 Å². The number of aryl methyl sites for hydroxylation is 12. The summed E-state index contributed by atoms with van der Waals surface area (Å²) in [7, 11) is 0. The summed E-state index contributed by atoms with van der Waals surface area (Å²) in [5.74, 6) is 0. The molecule has 0 aliphatic heterocycles. The van der Waals surface area contributed by atoms with Crippen LogP contribution in [0.25, 0.3) is 190 Å². The maximum Gasteiger partial charge on any atom is 0.0476 e. The van der Waals surface area contributed by atoms with Gasteiger partial charge in [-0.3, -0.25) is 0 Å². The molecule has 708 valence electrons. The Morgan fingerprint density at radius 3 is 0.608 bits per heavy atom. The van der Waals surface area contributed by atoms with E-state index < -0.39 is 0 Å². The second kappa shape index (κ2) is 35.7. The van der Waals surface area contributed by atoms with E-state index >= 15 is 0 Å². The first-order valence-corrected chi connectivity index (χ1v) is 54.5. The highest BCUT2D eigenvalue weighted by Crippen LogP contribution is 2.59. The first-order chi connectivity index (χ1) is 72.3. The second-order valence-electron chi connectivity index (χ2n) is 41.0. The van der Waals surface area contributed by atoms with Crippen LogP contribution < -0.4 is 19.6 Å². The van der Waals surface area contributed by atoms with Gasteiger partial charge in [0.15, 0.2) is 0 Å². The minimum absolute atomic E-state index is 1.14. The predicted molar refractivity (Wildman–Crippen MR) is 649 cm³/mol. The number of anilines is 12. The third-order valence-electron chi connectivity index (χ3n) is 30.6. The van der Waals surface area contributed by atoms with Crippen LogP contribution in [0, 0.1) is 83.1 Å². The van der Waals surface area contributed by atoms with Crippen LogP contribution in [0.4, 0.5) is 68.2 Å². The molecule has 8 heteroatoms. The number of para-hydroxylation sites is 4. The Hall–Kier alpha value is -16.6. The maximum absolute atomic E-state index is 2.57. The van der Waals surface area contributed by atoms with E-state index in [0.29, 0.717) is 0 Å². The Morgan fingerprint density at radius 1 is 0.142 bits per heavy atom. The van der Waals surface area contributed by atoms with Crippen LogP contribution in [0.1, 0.15) is 66.8 Å². The van der Waals surface area contributed by atoms with E-state index in [0.717, 1.165) is 68.2 Å². The van der Waals surface area contributed by atoms with Crippen molar-refractivity contribution in [1.82, 2.24) is 0 Å². The highest BCUT2D eigenvalue weighted by molar-refractivity contribution is 7.28. The molecule has 0 aliphatic carbocycles. The van der Waals surface area contributed by atoms with Gasteiger partial charge in [-0.05, 0) is 409 Å². The van der Waals surface area contributed by atoms with Gasteiger partial charge < -0.3 is 19.6 Å². The SMILES string of the molecule is Cc1cc(C)cc(-c2cc3c4sc5cc(N(c6cccc(C)c6)c6cccc(C)c6)ccc5c4cc4c(-c5cc(C)cc(C)c5)cc5c6sc7cc(N(c8cccc(C)c8)c8cccc(C)c8)ccc7c6cc2c5c43)c1.Cc1cccc(C)c1-c1cc2c3sc4cc(N(c5ccccc5)c5ccccc5)ccc4c3cc3c(-c4c(C)cccc4C)cc4c5sc6cc(N(c7ccccc7)c7ccccc7)ccc6c5cc1c4c32. The average molecular weight is 1970 g/mol. The Balaban J connectivity index is 0.000000146. The molecule has 0 spiro atoms. The normalized spacial score (nSPS) is 11.9. The number of thiophene rings is 4. The van der Waals surface area contributed by atoms with Crippen molar-refractivity contribution in [3.63, 3.8) is 0 Å². The van der Waals surface area contributed by atoms with Crippen molar-refractivity contribution in [2.45, 2.75) is 83.1 Å². The molecule has 0 saturated heterocycles. The fourth-order valence-electron chi connectivity index (χ4n) is 24.4. The van der Waals surface area contributed by atoms with Crippen molar-refractivity contribution < 1.29 is 0 Å². The zero-order valence-corrected chi connectivity index (χ0v) is 87.9. The monoisotopic (exact) mass is 1970 g/mol. The van der Waals surface area contributed by atoms with Crippen molar-refractivity contribution >= 4 is 259 Å². The third-order valence-corrected chi connectivity index (χ3v) is 35.5. The van der Waals surface area contributed by atoms with Crippen LogP contribution in [0.5, 0.6) is 0 Å². The number of rotatable bonds is 16. The van der Waals surface area contributed by atoms with Gasteiger partial charge in [-0.1, -0.05) is 241 Å². The summed E-state index contributed by atoms with van der Waals surface area (Å²) >= 11 is 7.75. The Labute approximate surface area is 878 Å². The molecule has 28 aromatic rings. The number of hydrogen-bond acceptors (Lipinski definition) is 8. The van der Waals surface area contributed by atoms with E-state index in [1.54, 1.807) is 0 Å². The van der Waals surface area contributed by atoms with Gasteiger partial charge in [0.05, 0.1) is 0 Å². The molecule has 0 radical (unpaired) electrons. The van der Waals surface area contributed by atoms with Gasteiger partial charge in [-0.25, -0.2) is 0 Å². The van der Waals surface area contributed by atoms with Gasteiger partial charge in [-0.2, -0.15) is 0 Å². The standard InChI is InChI=1S/C72H56N2S2.C68H48N2S2/c1-41-13-9-17-51(31-41)73(52-18-10-14-42(2)32-52)55-21-23-57-63-39-61-60(50-29-47(7)26-48(8)30-50)38-66-70-62(59(49-27-45(5)25-46(6)28-49)37-65(69(61)70)71(63)75-67(57)35-55)40-64-58-24-22-56(36-68(58)76-72(64)66)74(53-19-11-15-43(3)33-53)54-20-12-16-44(4)34-54;1-41-19-17-20-42(2)63(41)53-39-59-66-56(38-58-52-34-32-50(36-62(52)71-67(58)59)70(47-27-13-7-14-28-47)48-29-15-8-16-30-48)54(64-43(3)21-18-22-44(64)4)40-60-65(66)55(53)37-57-51-33-31-49(35-61(51)72-68(57)60)69(45-23-9-5-10-24-45)46-25-11-6-12-26-46/h9-40H,1-8H3;5-40H,1-4H3. The summed E-state index contributed by atoms with van der Waals surface area (Å²) in [5.41, 5.74) is 39.3. The van der Waals surface area contributed by atoms with E-state index in [1.165, 1.54) is 257 Å². The average Bonchev–Trinajstić information content (AvgIpc) is 1.42. The van der Waals surface area contributed by atoms with E-state index in [9.17, 15) is 0 Å².